The number of hydrogen-bond donors (Lipinski definition) is 0. The summed E-state index contributed by atoms with van der Waals surface area (Å²) < 4.78 is 67.4. The molecule has 0 radical (unpaired) electrons. The molecule has 0 N–H and O–H groups in total. The van der Waals surface area contributed by atoms with E-state index in [4.69, 9.17) is 20.4 Å². The number of thiophene rings is 1. The summed E-state index contributed by atoms with van der Waals surface area (Å²) in [5, 5.41) is 3.91. The zero-order chi connectivity index (χ0) is 39.6. The van der Waals surface area contributed by atoms with Gasteiger partial charge in [-0.3, -0.25) is 4.57 Å². The van der Waals surface area contributed by atoms with Gasteiger partial charge in [-0.15, -0.1) is 11.3 Å². The fourth-order valence-corrected chi connectivity index (χ4v) is 8.20. The van der Waals surface area contributed by atoms with Crippen LogP contribution < -0.4 is 0 Å². The van der Waals surface area contributed by atoms with Gasteiger partial charge in [-0.1, -0.05) is 133 Å². The van der Waals surface area contributed by atoms with Crippen LogP contribution >= 0.6 is 11.3 Å². The van der Waals surface area contributed by atoms with Crippen molar-refractivity contribution in [1.82, 2.24) is 24.1 Å². The average Bonchev–Trinajstić information content (AvgIpc) is 3.94. The number of hydrogen-bond acceptors (Lipinski definition) is 4. The van der Waals surface area contributed by atoms with Crippen molar-refractivity contribution in [2.75, 3.05) is 0 Å². The van der Waals surface area contributed by atoms with E-state index in [9.17, 15) is 4.11 Å². The highest BCUT2D eigenvalue weighted by atomic mass is 32.1. The van der Waals surface area contributed by atoms with Crippen LogP contribution in [0.2, 0.25) is 0 Å². The number of fused-ring (bicyclic) bond motifs is 10. The fourth-order valence-electron chi connectivity index (χ4n) is 7.24. The minimum absolute atomic E-state index is 0.0470. The van der Waals surface area contributed by atoms with Crippen LogP contribution in [0.25, 0.3) is 98.2 Å². The van der Waals surface area contributed by atoms with Crippen LogP contribution in [0.15, 0.2) is 164 Å². The van der Waals surface area contributed by atoms with Crippen LogP contribution in [-0.4, -0.2) is 24.1 Å². The summed E-state index contributed by atoms with van der Waals surface area (Å²) in [5.41, 5.74) is 4.79. The molecule has 11 aromatic rings. The van der Waals surface area contributed by atoms with E-state index in [1.807, 2.05) is 112 Å². The number of nitrogens with zero attached hydrogens (tertiary/aromatic N) is 5. The molecule has 0 bridgehead atoms. The standard InChI is InChI=1S/C45H27N5S/c1-3-13-28(14-4-1)43-46-44(29-15-5-2-6-16-29)48-45(47-43)50-38-21-11-8-18-32(38)36-26-25-35-31-17-7-10-20-37(31)49(41(35)42(36)50)30-23-24-34-33-19-9-12-22-39(33)51-40(34)27-30/h1-27H/i9D,12D,19D,22D,23D,24D,27D. The highest BCUT2D eigenvalue weighted by molar-refractivity contribution is 7.25. The van der Waals surface area contributed by atoms with Gasteiger partial charge in [0.05, 0.1) is 31.7 Å². The van der Waals surface area contributed by atoms with Crippen molar-refractivity contribution in [3.8, 4) is 34.4 Å². The maximum atomic E-state index is 9.79. The van der Waals surface area contributed by atoms with Gasteiger partial charge < -0.3 is 4.57 Å². The van der Waals surface area contributed by atoms with Gasteiger partial charge >= 0.3 is 0 Å². The zero-order valence-corrected chi connectivity index (χ0v) is 27.5. The molecule has 11 rings (SSSR count). The molecule has 0 atom stereocenters. The molecular formula is C45H27N5S. The molecule has 51 heavy (non-hydrogen) atoms. The van der Waals surface area contributed by atoms with Crippen LogP contribution in [0.3, 0.4) is 0 Å². The maximum absolute atomic E-state index is 9.79. The Bertz CT molecular complexity index is 3490. The number of aromatic nitrogens is 5. The first-order valence-electron chi connectivity index (χ1n) is 20.0. The third-order valence-electron chi connectivity index (χ3n) is 9.45. The van der Waals surface area contributed by atoms with Gasteiger partial charge in [0.25, 0.3) is 0 Å². The Hall–Kier alpha value is -6.63. The molecule has 0 amide bonds. The van der Waals surface area contributed by atoms with Crippen LogP contribution in [0.5, 0.6) is 0 Å². The fraction of sp³-hybridized carbons (Fsp3) is 0. The Morgan fingerprint density at radius 1 is 0.451 bits per heavy atom. The molecule has 4 aromatic heterocycles. The smallest absolute Gasteiger partial charge is 0.238 e. The van der Waals surface area contributed by atoms with Crippen LogP contribution in [0, 0.1) is 0 Å². The minimum atomic E-state index is -0.416. The van der Waals surface area contributed by atoms with E-state index in [1.165, 1.54) is 0 Å². The van der Waals surface area contributed by atoms with Gasteiger partial charge in [0.2, 0.25) is 5.95 Å². The van der Waals surface area contributed by atoms with Crippen molar-refractivity contribution < 1.29 is 9.60 Å². The summed E-state index contributed by atoms with van der Waals surface area (Å²) in [7, 11) is 0. The van der Waals surface area contributed by atoms with Crippen molar-refractivity contribution in [2.24, 2.45) is 0 Å². The lowest BCUT2D eigenvalue weighted by Crippen LogP contribution is -2.07. The van der Waals surface area contributed by atoms with E-state index < -0.39 is 6.04 Å². The number of rotatable bonds is 4. The van der Waals surface area contributed by atoms with Crippen LogP contribution in [-0.2, 0) is 0 Å². The zero-order valence-electron chi connectivity index (χ0n) is 33.7. The molecule has 5 nitrogen and oxygen atoms in total. The molecule has 0 saturated carbocycles. The summed E-state index contributed by atoms with van der Waals surface area (Å²) in [5.74, 6) is 1.37. The second-order valence-electron chi connectivity index (χ2n) is 12.3. The molecule has 7 aromatic carbocycles. The van der Waals surface area contributed by atoms with Crippen LogP contribution in [0.4, 0.5) is 0 Å². The van der Waals surface area contributed by atoms with Crippen molar-refractivity contribution in [1.29, 1.82) is 0 Å². The quantitative estimate of drug-likeness (QED) is 0.186. The molecule has 0 aliphatic rings. The van der Waals surface area contributed by atoms with E-state index >= 15 is 0 Å². The third kappa shape index (κ3) is 4.24. The highest BCUT2D eigenvalue weighted by Gasteiger charge is 2.23. The highest BCUT2D eigenvalue weighted by Crippen LogP contribution is 2.43. The van der Waals surface area contributed by atoms with Gasteiger partial charge in [0, 0.05) is 58.5 Å². The molecule has 0 saturated heterocycles. The van der Waals surface area contributed by atoms with E-state index in [0.29, 0.717) is 27.8 Å². The molecule has 0 unspecified atom stereocenters. The SMILES string of the molecule is [2H]c1c([2H])c([2H])c2c(sc3c([2H])c(-n4c5ccccc5c5ccc6c7ccccc7n(-c7nc(-c8ccccc8)nc(-c8ccccc8)n7)c6c54)c([2H])c([2H])c32)c1[2H]. The Kier molecular flexibility index (Phi) is 4.75. The number of para-hydroxylation sites is 2. The van der Waals surface area contributed by atoms with E-state index in [-0.39, 0.29) is 57.4 Å². The predicted molar refractivity (Wildman–Crippen MR) is 212 cm³/mol. The molecule has 4 heterocycles. The van der Waals surface area contributed by atoms with E-state index in [0.717, 1.165) is 60.6 Å². The largest absolute Gasteiger partial charge is 0.307 e. The lowest BCUT2D eigenvalue weighted by molar-refractivity contribution is 0.953. The van der Waals surface area contributed by atoms with E-state index in [2.05, 4.69) is 18.2 Å². The van der Waals surface area contributed by atoms with Crippen molar-refractivity contribution >= 4 is 75.1 Å². The molecular weight excluding hydrogens is 643 g/mol. The van der Waals surface area contributed by atoms with Crippen molar-refractivity contribution in [2.45, 2.75) is 0 Å². The van der Waals surface area contributed by atoms with Gasteiger partial charge in [0.15, 0.2) is 11.6 Å². The summed E-state index contributed by atoms with van der Waals surface area (Å²) in [6.45, 7) is 0. The molecule has 238 valence electrons. The lowest BCUT2D eigenvalue weighted by Gasteiger charge is -2.13. The van der Waals surface area contributed by atoms with Gasteiger partial charge in [0.1, 0.15) is 0 Å². The Labute approximate surface area is 306 Å². The monoisotopic (exact) mass is 676 g/mol. The van der Waals surface area contributed by atoms with Gasteiger partial charge in [-0.25, -0.2) is 4.98 Å². The summed E-state index contributed by atoms with van der Waals surface area (Å²) >= 11 is 1.06. The first-order chi connectivity index (χ1) is 28.2. The van der Waals surface area contributed by atoms with Crippen LogP contribution in [0.1, 0.15) is 9.60 Å². The summed E-state index contributed by atoms with van der Waals surface area (Å²) in [4.78, 5) is 15.2. The maximum Gasteiger partial charge on any atom is 0.238 e. The Balaban J connectivity index is 1.32. The van der Waals surface area contributed by atoms with Gasteiger partial charge in [-0.2, -0.15) is 9.97 Å². The second-order valence-corrected chi connectivity index (χ2v) is 13.3. The van der Waals surface area contributed by atoms with Crippen molar-refractivity contribution in [3.63, 3.8) is 0 Å². The molecule has 0 aliphatic heterocycles. The Morgan fingerprint density at radius 3 is 1.67 bits per heavy atom. The van der Waals surface area contributed by atoms with Crippen molar-refractivity contribution in [3.05, 3.63) is 164 Å². The van der Waals surface area contributed by atoms with Gasteiger partial charge in [-0.05, 0) is 30.3 Å². The minimum Gasteiger partial charge on any atom is -0.307 e. The molecule has 6 heteroatoms. The summed E-state index contributed by atoms with van der Waals surface area (Å²) in [6, 6.07) is 37.7. The first kappa shape index (κ1) is 22.2. The Morgan fingerprint density at radius 2 is 1.00 bits per heavy atom. The second kappa shape index (κ2) is 10.9. The third-order valence-corrected chi connectivity index (χ3v) is 10.5. The molecule has 0 aliphatic carbocycles. The average molecular weight is 677 g/mol. The predicted octanol–water partition coefficient (Wildman–Crippen LogP) is 11.8. The number of benzene rings is 7. The topological polar surface area (TPSA) is 48.5 Å². The normalized spacial score (nSPS) is 13.8. The molecule has 0 fully saturated rings. The molecule has 0 spiro atoms. The first-order valence-corrected chi connectivity index (χ1v) is 17.3. The summed E-state index contributed by atoms with van der Waals surface area (Å²) in [6.07, 6.45) is 0. The van der Waals surface area contributed by atoms with E-state index in [1.54, 1.807) is 0 Å². The lowest BCUT2D eigenvalue weighted by atomic mass is 10.1.